The summed E-state index contributed by atoms with van der Waals surface area (Å²) in [6.07, 6.45) is 0.403. The van der Waals surface area contributed by atoms with Crippen LogP contribution in [0.25, 0.3) is 0 Å². The van der Waals surface area contributed by atoms with Crippen LogP contribution in [0.4, 0.5) is 5.69 Å². The Labute approximate surface area is 113 Å². The van der Waals surface area contributed by atoms with Crippen LogP contribution in [0.15, 0.2) is 18.2 Å². The summed E-state index contributed by atoms with van der Waals surface area (Å²) < 4.78 is 5.17. The van der Waals surface area contributed by atoms with Gasteiger partial charge in [-0.2, -0.15) is 0 Å². The Bertz CT molecular complexity index is 454. The smallest absolute Gasteiger partial charge is 0.227 e. The summed E-state index contributed by atoms with van der Waals surface area (Å²) >= 11 is 0. The predicted octanol–water partition coefficient (Wildman–Crippen LogP) is 0.594. The first-order valence-electron chi connectivity index (χ1n) is 6.49. The van der Waals surface area contributed by atoms with E-state index in [1.54, 1.807) is 13.2 Å². The summed E-state index contributed by atoms with van der Waals surface area (Å²) in [6, 6.07) is 5.50. The second-order valence-corrected chi connectivity index (χ2v) is 4.94. The van der Waals surface area contributed by atoms with Gasteiger partial charge in [-0.05, 0) is 24.7 Å². The Balaban J connectivity index is 1.98. The van der Waals surface area contributed by atoms with Gasteiger partial charge in [0.1, 0.15) is 5.75 Å². The van der Waals surface area contributed by atoms with E-state index < -0.39 is 0 Å². The van der Waals surface area contributed by atoms with Gasteiger partial charge < -0.3 is 20.3 Å². The van der Waals surface area contributed by atoms with Gasteiger partial charge in [0.05, 0.1) is 19.2 Å². The zero-order valence-corrected chi connectivity index (χ0v) is 11.6. The van der Waals surface area contributed by atoms with E-state index in [-0.39, 0.29) is 5.91 Å². The zero-order chi connectivity index (χ0) is 13.8. The largest absolute Gasteiger partial charge is 0.495 e. The molecule has 2 rings (SSSR count). The number of hydrogen-bond acceptors (Lipinski definition) is 4. The van der Waals surface area contributed by atoms with Gasteiger partial charge in [-0.3, -0.25) is 4.79 Å². The van der Waals surface area contributed by atoms with Gasteiger partial charge in [0.15, 0.2) is 0 Å². The Morgan fingerprint density at radius 3 is 2.63 bits per heavy atom. The highest BCUT2D eigenvalue weighted by Crippen LogP contribution is 2.22. The number of nitrogens with two attached hydrogens (primary N) is 1. The number of nitrogens with zero attached hydrogens (tertiary/aromatic N) is 2. The van der Waals surface area contributed by atoms with E-state index in [1.165, 1.54) is 0 Å². The number of carbonyl (C=O) groups is 1. The number of amides is 1. The SMILES string of the molecule is COc1cc(CC(=O)N2CCN(C)CC2)ccc1N. The maximum atomic E-state index is 12.2. The molecule has 0 radical (unpaired) electrons. The molecule has 0 aliphatic carbocycles. The lowest BCUT2D eigenvalue weighted by molar-refractivity contribution is -0.132. The quantitative estimate of drug-likeness (QED) is 0.811. The molecule has 1 amide bonds. The molecule has 0 unspecified atom stereocenters. The minimum absolute atomic E-state index is 0.167. The fraction of sp³-hybridized carbons (Fsp3) is 0.500. The van der Waals surface area contributed by atoms with E-state index >= 15 is 0 Å². The summed E-state index contributed by atoms with van der Waals surface area (Å²) in [4.78, 5) is 16.3. The molecule has 1 heterocycles. The molecule has 104 valence electrons. The van der Waals surface area contributed by atoms with Gasteiger partial charge in [0.2, 0.25) is 5.91 Å². The van der Waals surface area contributed by atoms with Crippen LogP contribution in [0, 0.1) is 0 Å². The van der Waals surface area contributed by atoms with Gasteiger partial charge in [0.25, 0.3) is 0 Å². The Hall–Kier alpha value is -1.75. The summed E-state index contributed by atoms with van der Waals surface area (Å²) in [5.41, 5.74) is 7.30. The number of benzene rings is 1. The molecule has 5 heteroatoms. The van der Waals surface area contributed by atoms with E-state index in [4.69, 9.17) is 10.5 Å². The maximum Gasteiger partial charge on any atom is 0.227 e. The van der Waals surface area contributed by atoms with E-state index in [0.717, 1.165) is 31.7 Å². The lowest BCUT2D eigenvalue weighted by Crippen LogP contribution is -2.47. The molecule has 0 aromatic heterocycles. The highest BCUT2D eigenvalue weighted by molar-refractivity contribution is 5.79. The molecule has 0 saturated carbocycles. The number of methoxy groups -OCH3 is 1. The van der Waals surface area contributed by atoms with Crippen LogP contribution in [0.5, 0.6) is 5.75 Å². The monoisotopic (exact) mass is 263 g/mol. The summed E-state index contributed by atoms with van der Waals surface area (Å²) in [6.45, 7) is 3.50. The third-order valence-electron chi connectivity index (χ3n) is 3.51. The molecule has 2 N–H and O–H groups in total. The summed E-state index contributed by atoms with van der Waals surface area (Å²) in [7, 11) is 3.66. The predicted molar refractivity (Wildman–Crippen MR) is 75.2 cm³/mol. The number of anilines is 1. The van der Waals surface area contributed by atoms with Gasteiger partial charge in [-0.25, -0.2) is 0 Å². The van der Waals surface area contributed by atoms with Gasteiger partial charge in [0, 0.05) is 26.2 Å². The molecule has 1 saturated heterocycles. The number of likely N-dealkylation sites (N-methyl/N-ethyl adjacent to an activating group) is 1. The van der Waals surface area contributed by atoms with Crippen molar-refractivity contribution in [2.45, 2.75) is 6.42 Å². The van der Waals surface area contributed by atoms with Crippen LogP contribution >= 0.6 is 0 Å². The summed E-state index contributed by atoms with van der Waals surface area (Å²) in [5.74, 6) is 0.795. The fourth-order valence-electron chi connectivity index (χ4n) is 2.21. The molecular weight excluding hydrogens is 242 g/mol. The zero-order valence-electron chi connectivity index (χ0n) is 11.6. The number of hydrogen-bond donors (Lipinski definition) is 1. The van der Waals surface area contributed by atoms with Crippen molar-refractivity contribution in [3.05, 3.63) is 23.8 Å². The highest BCUT2D eigenvalue weighted by Gasteiger charge is 2.19. The molecule has 5 nitrogen and oxygen atoms in total. The van der Waals surface area contributed by atoms with Gasteiger partial charge in [-0.1, -0.05) is 6.07 Å². The molecule has 0 atom stereocenters. The van der Waals surface area contributed by atoms with Crippen LogP contribution in [0.3, 0.4) is 0 Å². The molecule has 1 fully saturated rings. The minimum Gasteiger partial charge on any atom is -0.495 e. The molecule has 1 aromatic carbocycles. The molecule has 1 aliphatic rings. The topological polar surface area (TPSA) is 58.8 Å². The number of rotatable bonds is 3. The minimum atomic E-state index is 0.167. The van der Waals surface area contributed by atoms with Crippen molar-refractivity contribution < 1.29 is 9.53 Å². The third kappa shape index (κ3) is 3.38. The van der Waals surface area contributed by atoms with Crippen LogP contribution < -0.4 is 10.5 Å². The Morgan fingerprint density at radius 1 is 1.32 bits per heavy atom. The van der Waals surface area contributed by atoms with E-state index in [2.05, 4.69) is 11.9 Å². The molecule has 0 spiro atoms. The Morgan fingerprint density at radius 2 is 2.00 bits per heavy atom. The second-order valence-electron chi connectivity index (χ2n) is 4.94. The number of ether oxygens (including phenoxy) is 1. The van der Waals surface area contributed by atoms with Gasteiger partial charge >= 0.3 is 0 Å². The van der Waals surface area contributed by atoms with Crippen molar-refractivity contribution in [3.63, 3.8) is 0 Å². The van der Waals surface area contributed by atoms with Crippen molar-refractivity contribution in [1.29, 1.82) is 0 Å². The number of nitrogen functional groups attached to an aromatic ring is 1. The standard InChI is InChI=1S/C14H21N3O2/c1-16-5-7-17(8-6-16)14(18)10-11-3-4-12(15)13(9-11)19-2/h3-4,9H,5-8,10,15H2,1-2H3. The average Bonchev–Trinajstić information content (AvgIpc) is 2.41. The first-order chi connectivity index (χ1) is 9.10. The van der Waals surface area contributed by atoms with Crippen molar-refractivity contribution in [2.75, 3.05) is 46.1 Å². The third-order valence-corrected chi connectivity index (χ3v) is 3.51. The average molecular weight is 263 g/mol. The maximum absolute atomic E-state index is 12.2. The van der Waals surface area contributed by atoms with E-state index in [9.17, 15) is 4.79 Å². The molecule has 0 bridgehead atoms. The normalized spacial score (nSPS) is 16.4. The first kappa shape index (κ1) is 13.7. The van der Waals surface area contributed by atoms with Crippen LogP contribution in [0.2, 0.25) is 0 Å². The van der Waals surface area contributed by atoms with Crippen molar-refractivity contribution in [2.24, 2.45) is 0 Å². The van der Waals surface area contributed by atoms with Crippen molar-refractivity contribution >= 4 is 11.6 Å². The van der Waals surface area contributed by atoms with Gasteiger partial charge in [-0.15, -0.1) is 0 Å². The van der Waals surface area contributed by atoms with Crippen LogP contribution in [-0.4, -0.2) is 56.0 Å². The molecular formula is C14H21N3O2. The fourth-order valence-corrected chi connectivity index (χ4v) is 2.21. The molecule has 1 aliphatic heterocycles. The van der Waals surface area contributed by atoms with Crippen LogP contribution in [0.1, 0.15) is 5.56 Å². The first-order valence-corrected chi connectivity index (χ1v) is 6.49. The Kier molecular flexibility index (Phi) is 4.27. The lowest BCUT2D eigenvalue weighted by Gasteiger charge is -2.32. The highest BCUT2D eigenvalue weighted by atomic mass is 16.5. The molecule has 19 heavy (non-hydrogen) atoms. The number of piperazine rings is 1. The van der Waals surface area contributed by atoms with Crippen molar-refractivity contribution in [3.8, 4) is 5.75 Å². The van der Waals surface area contributed by atoms with E-state index in [0.29, 0.717) is 17.9 Å². The molecule has 1 aromatic rings. The second kappa shape index (κ2) is 5.93. The summed E-state index contributed by atoms with van der Waals surface area (Å²) in [5, 5.41) is 0. The van der Waals surface area contributed by atoms with Crippen molar-refractivity contribution in [1.82, 2.24) is 9.80 Å². The van der Waals surface area contributed by atoms with E-state index in [1.807, 2.05) is 17.0 Å². The lowest BCUT2D eigenvalue weighted by atomic mass is 10.1. The van der Waals surface area contributed by atoms with Crippen LogP contribution in [-0.2, 0) is 11.2 Å². The number of carbonyl (C=O) groups excluding carboxylic acids is 1.